The van der Waals surface area contributed by atoms with Crippen LogP contribution in [0.4, 0.5) is 10.8 Å². The Bertz CT molecular complexity index is 567. The molecule has 1 fully saturated rings. The maximum absolute atomic E-state index is 6.06. The summed E-state index contributed by atoms with van der Waals surface area (Å²) in [6.07, 6.45) is 2.54. The Kier molecular flexibility index (Phi) is 3.19. The second kappa shape index (κ2) is 4.85. The number of rotatable bonds is 4. The molecule has 4 heteroatoms. The van der Waals surface area contributed by atoms with Gasteiger partial charge in [-0.2, -0.15) is 0 Å². The van der Waals surface area contributed by atoms with Crippen LogP contribution in [0.1, 0.15) is 29.0 Å². The van der Waals surface area contributed by atoms with Crippen molar-refractivity contribution >= 4 is 22.2 Å². The van der Waals surface area contributed by atoms with Gasteiger partial charge in [-0.1, -0.05) is 18.2 Å². The van der Waals surface area contributed by atoms with Gasteiger partial charge in [-0.25, -0.2) is 4.98 Å². The number of nitrogens with two attached hydrogens (primary N) is 1. The number of aryl methyl sites for hydroxylation is 2. The van der Waals surface area contributed by atoms with Crippen molar-refractivity contribution in [2.45, 2.75) is 39.3 Å². The van der Waals surface area contributed by atoms with E-state index in [0.29, 0.717) is 6.04 Å². The van der Waals surface area contributed by atoms with Gasteiger partial charge in [0.2, 0.25) is 0 Å². The number of benzene rings is 1. The molecular formula is C15H19N3S. The SMILES string of the molecule is Cc1nc(N(Cc2ccccc2N)C2CC2)sc1C. The fourth-order valence-electron chi connectivity index (χ4n) is 2.18. The van der Waals surface area contributed by atoms with Gasteiger partial charge < -0.3 is 10.6 Å². The molecule has 2 aromatic rings. The van der Waals surface area contributed by atoms with Gasteiger partial charge >= 0.3 is 0 Å². The molecule has 0 saturated heterocycles. The molecule has 100 valence electrons. The molecule has 1 aromatic carbocycles. The second-order valence-corrected chi connectivity index (χ2v) is 6.38. The smallest absolute Gasteiger partial charge is 0.186 e. The van der Waals surface area contributed by atoms with E-state index >= 15 is 0 Å². The molecule has 0 aliphatic heterocycles. The molecular weight excluding hydrogens is 254 g/mol. The molecule has 1 saturated carbocycles. The van der Waals surface area contributed by atoms with Gasteiger partial charge in [0.05, 0.1) is 5.69 Å². The fraction of sp³-hybridized carbons (Fsp3) is 0.400. The Labute approximate surface area is 118 Å². The third-order valence-electron chi connectivity index (χ3n) is 3.65. The average Bonchev–Trinajstić information content (AvgIpc) is 3.16. The Morgan fingerprint density at radius 2 is 2.05 bits per heavy atom. The molecule has 0 unspecified atom stereocenters. The number of hydrogen-bond donors (Lipinski definition) is 1. The lowest BCUT2D eigenvalue weighted by molar-refractivity contribution is 0.789. The molecule has 0 radical (unpaired) electrons. The van der Waals surface area contributed by atoms with Crippen molar-refractivity contribution in [1.29, 1.82) is 0 Å². The zero-order chi connectivity index (χ0) is 13.4. The predicted octanol–water partition coefficient (Wildman–Crippen LogP) is 3.51. The highest BCUT2D eigenvalue weighted by Gasteiger charge is 2.31. The summed E-state index contributed by atoms with van der Waals surface area (Å²) in [6.45, 7) is 5.08. The Morgan fingerprint density at radius 3 is 2.63 bits per heavy atom. The predicted molar refractivity (Wildman–Crippen MR) is 81.6 cm³/mol. The van der Waals surface area contributed by atoms with Crippen LogP contribution in [0.25, 0.3) is 0 Å². The van der Waals surface area contributed by atoms with Crippen LogP contribution < -0.4 is 10.6 Å². The highest BCUT2D eigenvalue weighted by atomic mass is 32.1. The molecule has 2 N–H and O–H groups in total. The number of anilines is 2. The molecule has 0 amide bonds. The van der Waals surface area contributed by atoms with Gasteiger partial charge in [-0.3, -0.25) is 0 Å². The topological polar surface area (TPSA) is 42.2 Å². The normalized spacial score (nSPS) is 14.6. The van der Waals surface area contributed by atoms with E-state index in [4.69, 9.17) is 10.7 Å². The van der Waals surface area contributed by atoms with Crippen LogP contribution in [0.2, 0.25) is 0 Å². The maximum Gasteiger partial charge on any atom is 0.186 e. The van der Waals surface area contributed by atoms with Crippen molar-refractivity contribution in [1.82, 2.24) is 4.98 Å². The zero-order valence-corrected chi connectivity index (χ0v) is 12.2. The minimum absolute atomic E-state index is 0.643. The number of nitrogens with zero attached hydrogens (tertiary/aromatic N) is 2. The molecule has 0 atom stereocenters. The number of hydrogen-bond acceptors (Lipinski definition) is 4. The molecule has 19 heavy (non-hydrogen) atoms. The number of nitrogen functional groups attached to an aromatic ring is 1. The van der Waals surface area contributed by atoms with Crippen LogP contribution in [-0.2, 0) is 6.54 Å². The number of para-hydroxylation sites is 1. The first-order valence-corrected chi connectivity index (χ1v) is 7.51. The van der Waals surface area contributed by atoms with Gasteiger partial charge in [0, 0.05) is 23.2 Å². The van der Waals surface area contributed by atoms with Gasteiger partial charge in [0.15, 0.2) is 5.13 Å². The summed E-state index contributed by atoms with van der Waals surface area (Å²) in [5.74, 6) is 0. The summed E-state index contributed by atoms with van der Waals surface area (Å²) >= 11 is 1.79. The van der Waals surface area contributed by atoms with Crippen molar-refractivity contribution in [3.63, 3.8) is 0 Å². The molecule has 3 rings (SSSR count). The largest absolute Gasteiger partial charge is 0.398 e. The quantitative estimate of drug-likeness (QED) is 0.867. The van der Waals surface area contributed by atoms with Crippen molar-refractivity contribution in [3.8, 4) is 0 Å². The van der Waals surface area contributed by atoms with Crippen LogP contribution >= 0.6 is 11.3 Å². The van der Waals surface area contributed by atoms with Gasteiger partial charge in [-0.15, -0.1) is 11.3 Å². The fourth-order valence-corrected chi connectivity index (χ4v) is 3.16. The average molecular weight is 273 g/mol. The van der Waals surface area contributed by atoms with E-state index in [1.807, 2.05) is 12.1 Å². The first-order chi connectivity index (χ1) is 9.15. The molecule has 0 bridgehead atoms. The number of thiazole rings is 1. The molecule has 1 aliphatic rings. The van der Waals surface area contributed by atoms with Crippen LogP contribution in [0.15, 0.2) is 24.3 Å². The minimum atomic E-state index is 0.643. The van der Waals surface area contributed by atoms with Crippen molar-refractivity contribution < 1.29 is 0 Å². The molecule has 1 aromatic heterocycles. The second-order valence-electron chi connectivity index (χ2n) is 5.20. The highest BCUT2D eigenvalue weighted by molar-refractivity contribution is 7.15. The van der Waals surface area contributed by atoms with E-state index in [1.54, 1.807) is 11.3 Å². The molecule has 1 aliphatic carbocycles. The summed E-state index contributed by atoms with van der Waals surface area (Å²) in [7, 11) is 0. The van der Waals surface area contributed by atoms with Crippen LogP contribution in [0.5, 0.6) is 0 Å². The Hall–Kier alpha value is -1.55. The summed E-state index contributed by atoms with van der Waals surface area (Å²) in [5, 5.41) is 1.14. The standard InChI is InChI=1S/C15H19N3S/c1-10-11(2)19-15(17-10)18(13-7-8-13)9-12-5-3-4-6-14(12)16/h3-6,13H,7-9,16H2,1-2H3. The minimum Gasteiger partial charge on any atom is -0.398 e. The van der Waals surface area contributed by atoms with Gasteiger partial charge in [0.1, 0.15) is 0 Å². The van der Waals surface area contributed by atoms with Crippen LogP contribution in [0.3, 0.4) is 0 Å². The first-order valence-electron chi connectivity index (χ1n) is 6.69. The summed E-state index contributed by atoms with van der Waals surface area (Å²) in [4.78, 5) is 8.42. The van der Waals surface area contributed by atoms with Crippen molar-refractivity contribution in [3.05, 3.63) is 40.4 Å². The van der Waals surface area contributed by atoms with Gasteiger partial charge in [-0.05, 0) is 38.3 Å². The van der Waals surface area contributed by atoms with Crippen LogP contribution in [-0.4, -0.2) is 11.0 Å². The van der Waals surface area contributed by atoms with E-state index in [1.165, 1.54) is 23.3 Å². The van der Waals surface area contributed by atoms with Crippen molar-refractivity contribution in [2.24, 2.45) is 0 Å². The van der Waals surface area contributed by atoms with Crippen molar-refractivity contribution in [2.75, 3.05) is 10.6 Å². The van der Waals surface area contributed by atoms with Gasteiger partial charge in [0.25, 0.3) is 0 Å². The Balaban J connectivity index is 1.88. The van der Waals surface area contributed by atoms with Crippen LogP contribution in [0, 0.1) is 13.8 Å². The summed E-state index contributed by atoms with van der Waals surface area (Å²) < 4.78 is 0. The lowest BCUT2D eigenvalue weighted by Gasteiger charge is -2.22. The molecule has 3 nitrogen and oxygen atoms in total. The van der Waals surface area contributed by atoms with E-state index in [2.05, 4.69) is 30.9 Å². The van der Waals surface area contributed by atoms with E-state index in [-0.39, 0.29) is 0 Å². The summed E-state index contributed by atoms with van der Waals surface area (Å²) in [6, 6.07) is 8.76. The van der Waals surface area contributed by atoms with E-state index in [9.17, 15) is 0 Å². The maximum atomic E-state index is 6.06. The van der Waals surface area contributed by atoms with E-state index < -0.39 is 0 Å². The first kappa shape index (κ1) is 12.5. The third-order valence-corrected chi connectivity index (χ3v) is 4.76. The molecule has 1 heterocycles. The third kappa shape index (κ3) is 2.59. The monoisotopic (exact) mass is 273 g/mol. The lowest BCUT2D eigenvalue weighted by Crippen LogP contribution is -2.25. The Morgan fingerprint density at radius 1 is 1.32 bits per heavy atom. The number of aromatic nitrogens is 1. The molecule has 0 spiro atoms. The highest BCUT2D eigenvalue weighted by Crippen LogP contribution is 2.36. The lowest BCUT2D eigenvalue weighted by atomic mass is 10.1. The summed E-state index contributed by atoms with van der Waals surface area (Å²) in [5.41, 5.74) is 9.27. The zero-order valence-electron chi connectivity index (χ0n) is 11.4. The van der Waals surface area contributed by atoms with E-state index in [0.717, 1.165) is 23.1 Å².